The summed E-state index contributed by atoms with van der Waals surface area (Å²) < 4.78 is 0. The molecule has 1 unspecified atom stereocenters. The summed E-state index contributed by atoms with van der Waals surface area (Å²) in [6.45, 7) is 0. The number of aliphatic hydroxyl groups is 1. The molecule has 0 spiro atoms. The zero-order chi connectivity index (χ0) is 15.7. The summed E-state index contributed by atoms with van der Waals surface area (Å²) in [7, 11) is 0. The van der Waals surface area contributed by atoms with Gasteiger partial charge in [-0.1, -0.05) is 36.4 Å². The van der Waals surface area contributed by atoms with Crippen molar-refractivity contribution in [1.82, 2.24) is 0 Å². The first-order valence-electron chi connectivity index (χ1n) is 6.79. The van der Waals surface area contributed by atoms with Crippen LogP contribution in [-0.4, -0.2) is 17.0 Å². The number of aliphatic hydroxyl groups excluding tert-OH is 1. The van der Waals surface area contributed by atoms with Gasteiger partial charge in [0.1, 0.15) is 6.10 Å². The van der Waals surface area contributed by atoms with Gasteiger partial charge in [-0.2, -0.15) is 4.99 Å². The van der Waals surface area contributed by atoms with Gasteiger partial charge in [-0.25, -0.2) is 0 Å². The third-order valence-corrected chi connectivity index (χ3v) is 3.57. The summed E-state index contributed by atoms with van der Waals surface area (Å²) in [5.41, 5.74) is 14.9. The Labute approximate surface area is 127 Å². The fourth-order valence-corrected chi connectivity index (χ4v) is 2.64. The maximum Gasteiger partial charge on any atom is 0.272 e. The van der Waals surface area contributed by atoms with E-state index in [1.54, 1.807) is 6.08 Å². The Morgan fingerprint density at radius 3 is 2.59 bits per heavy atom. The highest BCUT2D eigenvalue weighted by atomic mass is 16.3. The molecule has 1 aliphatic rings. The molecule has 1 aliphatic carbocycles. The Hall–Kier alpha value is -2.92. The molecule has 2 aromatic carbocycles. The first kappa shape index (κ1) is 14.0. The van der Waals surface area contributed by atoms with E-state index < -0.39 is 12.0 Å². The predicted molar refractivity (Wildman–Crippen MR) is 85.8 cm³/mol. The van der Waals surface area contributed by atoms with Gasteiger partial charge in [-0.05, 0) is 40.0 Å². The molecule has 0 aromatic heterocycles. The van der Waals surface area contributed by atoms with Crippen LogP contribution in [0.3, 0.4) is 0 Å². The molecule has 0 heterocycles. The Balaban J connectivity index is 1.92. The SMILES string of the molecule is NC(N)=NC(=O)/C=C/c1ccc2c(c1)C(O)c1ccccc1-2. The minimum absolute atomic E-state index is 0.269. The Kier molecular flexibility index (Phi) is 3.48. The Morgan fingerprint density at radius 1 is 1.09 bits per heavy atom. The second-order valence-electron chi connectivity index (χ2n) is 5.04. The maximum atomic E-state index is 11.4. The monoisotopic (exact) mass is 293 g/mol. The van der Waals surface area contributed by atoms with Crippen molar-refractivity contribution < 1.29 is 9.90 Å². The lowest BCUT2D eigenvalue weighted by Crippen LogP contribution is -2.23. The summed E-state index contributed by atoms with van der Waals surface area (Å²) in [6.07, 6.45) is 2.26. The number of nitrogens with zero attached hydrogens (tertiary/aromatic N) is 1. The fourth-order valence-electron chi connectivity index (χ4n) is 2.64. The van der Waals surface area contributed by atoms with E-state index in [1.165, 1.54) is 6.08 Å². The molecule has 5 heteroatoms. The van der Waals surface area contributed by atoms with Crippen molar-refractivity contribution in [2.75, 3.05) is 0 Å². The zero-order valence-corrected chi connectivity index (χ0v) is 11.7. The lowest BCUT2D eigenvalue weighted by Gasteiger charge is -2.05. The number of amides is 1. The normalized spacial score (nSPS) is 15.4. The molecule has 0 aliphatic heterocycles. The van der Waals surface area contributed by atoms with Gasteiger partial charge < -0.3 is 16.6 Å². The summed E-state index contributed by atoms with van der Waals surface area (Å²) >= 11 is 0. The minimum atomic E-state index is -0.645. The van der Waals surface area contributed by atoms with Crippen LogP contribution >= 0.6 is 0 Å². The number of nitrogens with two attached hydrogens (primary N) is 2. The molecule has 5 N–H and O–H groups in total. The molecule has 22 heavy (non-hydrogen) atoms. The average Bonchev–Trinajstić information content (AvgIpc) is 2.78. The van der Waals surface area contributed by atoms with E-state index in [-0.39, 0.29) is 5.96 Å². The van der Waals surface area contributed by atoms with Crippen molar-refractivity contribution in [3.05, 3.63) is 65.2 Å². The maximum absolute atomic E-state index is 11.4. The molecule has 110 valence electrons. The van der Waals surface area contributed by atoms with Crippen LogP contribution in [-0.2, 0) is 4.79 Å². The van der Waals surface area contributed by atoms with Crippen molar-refractivity contribution in [3.8, 4) is 11.1 Å². The van der Waals surface area contributed by atoms with E-state index >= 15 is 0 Å². The van der Waals surface area contributed by atoms with Gasteiger partial charge in [-0.15, -0.1) is 0 Å². The van der Waals surface area contributed by atoms with E-state index in [9.17, 15) is 9.90 Å². The Morgan fingerprint density at radius 2 is 1.82 bits per heavy atom. The predicted octanol–water partition coefficient (Wildman–Crippen LogP) is 1.56. The van der Waals surface area contributed by atoms with Crippen molar-refractivity contribution in [3.63, 3.8) is 0 Å². The summed E-state index contributed by atoms with van der Waals surface area (Å²) in [5, 5.41) is 10.4. The molecule has 0 saturated carbocycles. The molecule has 0 radical (unpaired) electrons. The quantitative estimate of drug-likeness (QED) is 0.444. The third kappa shape index (κ3) is 2.49. The summed E-state index contributed by atoms with van der Waals surface area (Å²) in [5.74, 6) is -0.793. The number of fused-ring (bicyclic) bond motifs is 3. The van der Waals surface area contributed by atoms with Crippen LogP contribution in [0, 0.1) is 0 Å². The van der Waals surface area contributed by atoms with Crippen LogP contribution in [0.25, 0.3) is 17.2 Å². The molecule has 2 aromatic rings. The molecule has 0 saturated heterocycles. The highest BCUT2D eigenvalue weighted by Crippen LogP contribution is 2.43. The number of benzene rings is 2. The molecule has 5 nitrogen and oxygen atoms in total. The summed E-state index contributed by atoms with van der Waals surface area (Å²) in [6, 6.07) is 13.4. The molecular formula is C17H15N3O2. The molecule has 1 atom stereocenters. The average molecular weight is 293 g/mol. The number of aliphatic imine (C=N–C) groups is 1. The van der Waals surface area contributed by atoms with Crippen LogP contribution in [0.4, 0.5) is 0 Å². The molecule has 3 rings (SSSR count). The fraction of sp³-hybridized carbons (Fsp3) is 0.0588. The van der Waals surface area contributed by atoms with Gasteiger partial charge in [0.15, 0.2) is 5.96 Å². The zero-order valence-electron chi connectivity index (χ0n) is 11.7. The topological polar surface area (TPSA) is 102 Å². The first-order chi connectivity index (χ1) is 10.6. The molecule has 1 amide bonds. The van der Waals surface area contributed by atoms with Gasteiger partial charge in [0.25, 0.3) is 5.91 Å². The van der Waals surface area contributed by atoms with Crippen LogP contribution in [0.5, 0.6) is 0 Å². The van der Waals surface area contributed by atoms with Crippen molar-refractivity contribution in [2.45, 2.75) is 6.10 Å². The standard InChI is InChI=1S/C17H15N3O2/c18-17(19)20-15(21)8-6-10-5-7-12-11-3-1-2-4-13(11)16(22)14(12)9-10/h1-9,16,22H,(H4,18,19,20,21)/b8-6+. The first-order valence-corrected chi connectivity index (χ1v) is 6.79. The van der Waals surface area contributed by atoms with E-state index in [0.29, 0.717) is 0 Å². The van der Waals surface area contributed by atoms with Gasteiger partial charge in [0.2, 0.25) is 0 Å². The van der Waals surface area contributed by atoms with Gasteiger partial charge in [0.05, 0.1) is 0 Å². The lowest BCUT2D eigenvalue weighted by atomic mass is 10.0. The van der Waals surface area contributed by atoms with E-state index in [0.717, 1.165) is 27.8 Å². The van der Waals surface area contributed by atoms with Crippen LogP contribution in [0.2, 0.25) is 0 Å². The lowest BCUT2D eigenvalue weighted by molar-refractivity contribution is -0.113. The molecule has 0 fully saturated rings. The number of carbonyl (C=O) groups is 1. The minimum Gasteiger partial charge on any atom is -0.384 e. The van der Waals surface area contributed by atoms with Gasteiger partial charge in [0, 0.05) is 6.08 Å². The third-order valence-electron chi connectivity index (χ3n) is 3.57. The number of carbonyl (C=O) groups excluding carboxylic acids is 1. The Bertz CT molecular complexity index is 805. The highest BCUT2D eigenvalue weighted by Gasteiger charge is 2.26. The van der Waals surface area contributed by atoms with Crippen LogP contribution in [0.1, 0.15) is 22.8 Å². The second kappa shape index (κ2) is 5.46. The molecular weight excluding hydrogens is 278 g/mol. The van der Waals surface area contributed by atoms with E-state index in [4.69, 9.17) is 11.5 Å². The van der Waals surface area contributed by atoms with Crippen molar-refractivity contribution >= 4 is 17.9 Å². The van der Waals surface area contributed by atoms with Crippen molar-refractivity contribution in [1.29, 1.82) is 0 Å². The van der Waals surface area contributed by atoms with Crippen LogP contribution in [0.15, 0.2) is 53.5 Å². The summed E-state index contributed by atoms with van der Waals surface area (Å²) in [4.78, 5) is 14.8. The number of hydrogen-bond donors (Lipinski definition) is 3. The number of rotatable bonds is 2. The largest absolute Gasteiger partial charge is 0.384 e. The number of guanidine groups is 1. The number of hydrogen-bond acceptors (Lipinski definition) is 2. The van der Waals surface area contributed by atoms with Crippen molar-refractivity contribution in [2.24, 2.45) is 16.5 Å². The van der Waals surface area contributed by atoms with Gasteiger partial charge in [-0.3, -0.25) is 4.79 Å². The second-order valence-corrected chi connectivity index (χ2v) is 5.04. The highest BCUT2D eigenvalue weighted by molar-refractivity contribution is 6.00. The molecule has 0 bridgehead atoms. The van der Waals surface area contributed by atoms with E-state index in [1.807, 2.05) is 42.5 Å². The van der Waals surface area contributed by atoms with Gasteiger partial charge >= 0.3 is 0 Å². The van der Waals surface area contributed by atoms with Crippen LogP contribution < -0.4 is 11.5 Å². The smallest absolute Gasteiger partial charge is 0.272 e. The van der Waals surface area contributed by atoms with E-state index in [2.05, 4.69) is 4.99 Å².